The van der Waals surface area contributed by atoms with E-state index in [4.69, 9.17) is 15.2 Å². The van der Waals surface area contributed by atoms with Crippen molar-refractivity contribution in [3.63, 3.8) is 0 Å². The Morgan fingerprint density at radius 1 is 0.955 bits per heavy atom. The van der Waals surface area contributed by atoms with Crippen molar-refractivity contribution >= 4 is 0 Å². The van der Waals surface area contributed by atoms with Gasteiger partial charge in [0.05, 0.1) is 14.2 Å². The second kappa shape index (κ2) is 8.44. The number of rotatable bonds is 8. The van der Waals surface area contributed by atoms with Gasteiger partial charge in [-0.3, -0.25) is 0 Å². The van der Waals surface area contributed by atoms with E-state index in [2.05, 4.69) is 36.4 Å². The van der Waals surface area contributed by atoms with Crippen molar-refractivity contribution in [1.29, 1.82) is 0 Å². The second-order valence-corrected chi connectivity index (χ2v) is 5.42. The van der Waals surface area contributed by atoms with Crippen LogP contribution in [0.4, 0.5) is 0 Å². The van der Waals surface area contributed by atoms with Crippen LogP contribution in [-0.2, 0) is 6.42 Å². The predicted octanol–water partition coefficient (Wildman–Crippen LogP) is 3.77. The first-order chi connectivity index (χ1) is 10.8. The maximum atomic E-state index is 5.97. The molecule has 0 aromatic heterocycles. The summed E-state index contributed by atoms with van der Waals surface area (Å²) < 4.78 is 10.7. The van der Waals surface area contributed by atoms with Gasteiger partial charge < -0.3 is 15.2 Å². The largest absolute Gasteiger partial charge is 0.493 e. The van der Waals surface area contributed by atoms with Crippen LogP contribution in [0, 0.1) is 0 Å². The smallest absolute Gasteiger partial charge is 0.160 e. The van der Waals surface area contributed by atoms with Gasteiger partial charge in [-0.2, -0.15) is 0 Å². The topological polar surface area (TPSA) is 44.5 Å². The minimum Gasteiger partial charge on any atom is -0.493 e. The first-order valence-corrected chi connectivity index (χ1v) is 7.74. The molecule has 0 aliphatic rings. The molecular formula is C19H25NO2. The normalized spacial score (nSPS) is 12.0. The monoisotopic (exact) mass is 299 g/mol. The highest BCUT2D eigenvalue weighted by atomic mass is 16.5. The van der Waals surface area contributed by atoms with E-state index >= 15 is 0 Å². The zero-order chi connectivity index (χ0) is 15.8. The predicted molar refractivity (Wildman–Crippen MR) is 90.7 cm³/mol. The van der Waals surface area contributed by atoms with E-state index in [0.717, 1.165) is 30.8 Å². The number of methoxy groups -OCH3 is 2. The summed E-state index contributed by atoms with van der Waals surface area (Å²) in [5, 5.41) is 0. The first kappa shape index (κ1) is 16.4. The van der Waals surface area contributed by atoms with Gasteiger partial charge in [-0.1, -0.05) is 36.4 Å². The Balaban J connectivity index is 1.99. The molecule has 3 nitrogen and oxygen atoms in total. The molecule has 0 heterocycles. The third-order valence-electron chi connectivity index (χ3n) is 4.02. The van der Waals surface area contributed by atoms with Crippen molar-refractivity contribution in [3.8, 4) is 11.5 Å². The Bertz CT molecular complexity index is 569. The lowest BCUT2D eigenvalue weighted by Gasteiger charge is -2.17. The zero-order valence-corrected chi connectivity index (χ0v) is 13.4. The van der Waals surface area contributed by atoms with Gasteiger partial charge in [-0.15, -0.1) is 0 Å². The van der Waals surface area contributed by atoms with Gasteiger partial charge in [-0.05, 0) is 55.0 Å². The maximum absolute atomic E-state index is 5.97. The average molecular weight is 299 g/mol. The summed E-state index contributed by atoms with van der Waals surface area (Å²) in [6, 6.07) is 16.7. The van der Waals surface area contributed by atoms with E-state index in [1.165, 1.54) is 11.1 Å². The van der Waals surface area contributed by atoms with Crippen LogP contribution in [-0.4, -0.2) is 20.8 Å². The molecule has 2 aromatic carbocycles. The van der Waals surface area contributed by atoms with Crippen molar-refractivity contribution < 1.29 is 9.47 Å². The molecule has 2 aromatic rings. The van der Waals surface area contributed by atoms with Crippen LogP contribution in [0.25, 0.3) is 0 Å². The molecule has 118 valence electrons. The van der Waals surface area contributed by atoms with Crippen LogP contribution < -0.4 is 15.2 Å². The van der Waals surface area contributed by atoms with Crippen LogP contribution in [0.1, 0.15) is 29.9 Å². The highest BCUT2D eigenvalue weighted by Gasteiger charge is 2.13. The van der Waals surface area contributed by atoms with Gasteiger partial charge in [-0.25, -0.2) is 0 Å². The van der Waals surface area contributed by atoms with Crippen LogP contribution in [0.2, 0.25) is 0 Å². The fraction of sp³-hybridized carbons (Fsp3) is 0.368. The van der Waals surface area contributed by atoms with Crippen LogP contribution in [0.15, 0.2) is 48.5 Å². The molecular weight excluding hydrogens is 274 g/mol. The molecule has 0 saturated carbocycles. The lowest BCUT2D eigenvalue weighted by atomic mass is 9.92. The van der Waals surface area contributed by atoms with E-state index in [0.29, 0.717) is 12.5 Å². The van der Waals surface area contributed by atoms with E-state index in [1.807, 2.05) is 12.1 Å². The van der Waals surface area contributed by atoms with Gasteiger partial charge in [0, 0.05) is 0 Å². The second-order valence-electron chi connectivity index (χ2n) is 5.42. The Kier molecular flexibility index (Phi) is 6.28. The van der Waals surface area contributed by atoms with Crippen molar-refractivity contribution in [3.05, 3.63) is 59.7 Å². The highest BCUT2D eigenvalue weighted by molar-refractivity contribution is 5.44. The van der Waals surface area contributed by atoms with Crippen LogP contribution >= 0.6 is 0 Å². The molecule has 1 atom stereocenters. The summed E-state index contributed by atoms with van der Waals surface area (Å²) in [6.07, 6.45) is 3.28. The van der Waals surface area contributed by atoms with Crippen LogP contribution in [0.5, 0.6) is 11.5 Å². The van der Waals surface area contributed by atoms with Crippen molar-refractivity contribution in [2.24, 2.45) is 5.73 Å². The Morgan fingerprint density at radius 3 is 2.32 bits per heavy atom. The van der Waals surface area contributed by atoms with E-state index < -0.39 is 0 Å². The zero-order valence-electron chi connectivity index (χ0n) is 13.4. The lowest BCUT2D eigenvalue weighted by molar-refractivity contribution is 0.354. The highest BCUT2D eigenvalue weighted by Crippen LogP contribution is 2.32. The molecule has 2 N–H and O–H groups in total. The van der Waals surface area contributed by atoms with Crippen molar-refractivity contribution in [2.75, 3.05) is 20.8 Å². The molecule has 3 heteroatoms. The third kappa shape index (κ3) is 4.25. The number of hydrogen-bond donors (Lipinski definition) is 1. The van der Waals surface area contributed by atoms with Gasteiger partial charge >= 0.3 is 0 Å². The maximum Gasteiger partial charge on any atom is 0.160 e. The molecule has 0 aliphatic carbocycles. The van der Waals surface area contributed by atoms with E-state index in [-0.39, 0.29) is 0 Å². The lowest BCUT2D eigenvalue weighted by Crippen LogP contribution is -2.13. The summed E-state index contributed by atoms with van der Waals surface area (Å²) in [5.41, 5.74) is 8.57. The quantitative estimate of drug-likeness (QED) is 0.807. The Labute approximate surface area is 133 Å². The summed E-state index contributed by atoms with van der Waals surface area (Å²) in [7, 11) is 3.31. The van der Waals surface area contributed by atoms with Gasteiger partial charge in [0.2, 0.25) is 0 Å². The fourth-order valence-electron chi connectivity index (χ4n) is 2.72. The molecule has 0 amide bonds. The van der Waals surface area contributed by atoms with E-state index in [9.17, 15) is 0 Å². The number of hydrogen-bond acceptors (Lipinski definition) is 3. The molecule has 1 unspecified atom stereocenters. The first-order valence-electron chi connectivity index (χ1n) is 7.74. The SMILES string of the molecule is COc1ccc(C(CN)CCCc2ccccc2)cc1OC. The van der Waals surface area contributed by atoms with Crippen LogP contribution in [0.3, 0.4) is 0 Å². The fourth-order valence-corrected chi connectivity index (χ4v) is 2.72. The van der Waals surface area contributed by atoms with Gasteiger partial charge in [0.15, 0.2) is 11.5 Å². The number of aryl methyl sites for hydroxylation is 1. The van der Waals surface area contributed by atoms with E-state index in [1.54, 1.807) is 14.2 Å². The average Bonchev–Trinajstić information content (AvgIpc) is 2.59. The molecule has 0 aliphatic heterocycles. The molecule has 0 saturated heterocycles. The summed E-state index contributed by atoms with van der Waals surface area (Å²) in [4.78, 5) is 0. The molecule has 0 spiro atoms. The number of ether oxygens (including phenoxy) is 2. The minimum atomic E-state index is 0.350. The summed E-state index contributed by atoms with van der Waals surface area (Å²) >= 11 is 0. The molecule has 0 fully saturated rings. The molecule has 22 heavy (non-hydrogen) atoms. The summed E-state index contributed by atoms with van der Waals surface area (Å²) in [6.45, 7) is 0.643. The third-order valence-corrected chi connectivity index (χ3v) is 4.02. The Hall–Kier alpha value is -2.00. The molecule has 2 rings (SSSR count). The van der Waals surface area contributed by atoms with Gasteiger partial charge in [0.1, 0.15) is 0 Å². The molecule has 0 bridgehead atoms. The van der Waals surface area contributed by atoms with Crippen molar-refractivity contribution in [2.45, 2.75) is 25.2 Å². The van der Waals surface area contributed by atoms with Gasteiger partial charge in [0.25, 0.3) is 0 Å². The summed E-state index contributed by atoms with van der Waals surface area (Å²) in [5.74, 6) is 1.87. The van der Waals surface area contributed by atoms with Crippen molar-refractivity contribution in [1.82, 2.24) is 0 Å². The number of nitrogens with two attached hydrogens (primary N) is 1. The number of benzene rings is 2. The minimum absolute atomic E-state index is 0.350. The Morgan fingerprint density at radius 2 is 1.68 bits per heavy atom. The standard InChI is InChI=1S/C19H25NO2/c1-21-18-12-11-16(13-19(18)22-2)17(14-20)10-6-9-15-7-4-3-5-8-15/h3-5,7-8,11-13,17H,6,9-10,14,20H2,1-2H3. The molecule has 0 radical (unpaired) electrons.